The van der Waals surface area contributed by atoms with Crippen molar-refractivity contribution in [1.82, 2.24) is 10.2 Å². The number of carbonyl (C=O) groups excluding carboxylic acids is 1. The molecule has 5 nitrogen and oxygen atoms in total. The average Bonchev–Trinajstić information content (AvgIpc) is 3.11. The van der Waals surface area contributed by atoms with Gasteiger partial charge in [-0.25, -0.2) is 4.79 Å². The van der Waals surface area contributed by atoms with Crippen LogP contribution in [0.1, 0.15) is 51.9 Å². The van der Waals surface area contributed by atoms with Gasteiger partial charge in [0.25, 0.3) is 0 Å². The lowest BCUT2D eigenvalue weighted by atomic mass is 10.00. The molecule has 2 aliphatic heterocycles. The van der Waals surface area contributed by atoms with Gasteiger partial charge in [-0.3, -0.25) is 0 Å². The van der Waals surface area contributed by atoms with Crippen molar-refractivity contribution in [3.63, 3.8) is 0 Å². The first-order valence-electron chi connectivity index (χ1n) is 8.48. The summed E-state index contributed by atoms with van der Waals surface area (Å²) in [6, 6.07) is 0.234. The Kier molecular flexibility index (Phi) is 4.69. The maximum absolute atomic E-state index is 12.4. The smallest absolute Gasteiger partial charge is 0.317 e. The summed E-state index contributed by atoms with van der Waals surface area (Å²) in [4.78, 5) is 14.4. The van der Waals surface area contributed by atoms with E-state index >= 15 is 0 Å². The molecule has 2 heterocycles. The molecule has 3 aliphatic rings. The van der Waals surface area contributed by atoms with E-state index in [0.29, 0.717) is 19.3 Å². The molecule has 120 valence electrons. The van der Waals surface area contributed by atoms with Crippen LogP contribution in [0.4, 0.5) is 4.79 Å². The summed E-state index contributed by atoms with van der Waals surface area (Å²) in [7, 11) is 0. The normalized spacial score (nSPS) is 29.8. The molecule has 21 heavy (non-hydrogen) atoms. The third kappa shape index (κ3) is 3.69. The standard InChI is InChI=1S/C16H28N2O3/c1-13(11-14-5-4-9-20-14)17-15(19)18-8-10-21-16(12-18)6-2-3-7-16/h13-14H,2-12H2,1H3,(H,17,19)/t13-,14+/m1/s1. The Balaban J connectivity index is 1.47. The first-order valence-corrected chi connectivity index (χ1v) is 8.48. The van der Waals surface area contributed by atoms with Crippen LogP contribution in [0.5, 0.6) is 0 Å². The van der Waals surface area contributed by atoms with Gasteiger partial charge in [-0.2, -0.15) is 0 Å². The van der Waals surface area contributed by atoms with Crippen molar-refractivity contribution in [1.29, 1.82) is 0 Å². The Labute approximate surface area is 127 Å². The molecule has 0 radical (unpaired) electrons. The van der Waals surface area contributed by atoms with Gasteiger partial charge >= 0.3 is 6.03 Å². The molecule has 2 saturated heterocycles. The number of nitrogens with zero attached hydrogens (tertiary/aromatic N) is 1. The quantitative estimate of drug-likeness (QED) is 0.869. The Morgan fingerprint density at radius 2 is 2.14 bits per heavy atom. The van der Waals surface area contributed by atoms with Crippen LogP contribution in [0.3, 0.4) is 0 Å². The summed E-state index contributed by atoms with van der Waals surface area (Å²) < 4.78 is 11.6. The summed E-state index contributed by atoms with van der Waals surface area (Å²) >= 11 is 0. The third-order valence-electron chi connectivity index (χ3n) is 5.06. The Hall–Kier alpha value is -0.810. The van der Waals surface area contributed by atoms with Gasteiger partial charge < -0.3 is 19.7 Å². The zero-order valence-electron chi connectivity index (χ0n) is 13.1. The molecular weight excluding hydrogens is 268 g/mol. The Morgan fingerprint density at radius 1 is 1.33 bits per heavy atom. The molecule has 0 aromatic heterocycles. The van der Waals surface area contributed by atoms with Crippen LogP contribution in [0.15, 0.2) is 0 Å². The second kappa shape index (κ2) is 6.53. The van der Waals surface area contributed by atoms with E-state index in [1.165, 1.54) is 12.8 Å². The maximum Gasteiger partial charge on any atom is 0.317 e. The predicted molar refractivity (Wildman–Crippen MR) is 80.3 cm³/mol. The van der Waals surface area contributed by atoms with E-state index in [1.54, 1.807) is 0 Å². The van der Waals surface area contributed by atoms with E-state index < -0.39 is 0 Å². The van der Waals surface area contributed by atoms with Crippen molar-refractivity contribution in [2.45, 2.75) is 69.6 Å². The molecule has 2 atom stereocenters. The molecule has 0 bridgehead atoms. The number of morpholine rings is 1. The van der Waals surface area contributed by atoms with Gasteiger partial charge in [-0.15, -0.1) is 0 Å². The van der Waals surface area contributed by atoms with E-state index in [9.17, 15) is 4.79 Å². The van der Waals surface area contributed by atoms with Crippen molar-refractivity contribution >= 4 is 6.03 Å². The van der Waals surface area contributed by atoms with Crippen LogP contribution in [-0.2, 0) is 9.47 Å². The topological polar surface area (TPSA) is 50.8 Å². The highest BCUT2D eigenvalue weighted by Crippen LogP contribution is 2.35. The highest BCUT2D eigenvalue weighted by molar-refractivity contribution is 5.74. The number of rotatable bonds is 3. The molecule has 3 fully saturated rings. The van der Waals surface area contributed by atoms with Crippen LogP contribution in [0.2, 0.25) is 0 Å². The van der Waals surface area contributed by atoms with E-state index in [0.717, 1.165) is 45.3 Å². The van der Waals surface area contributed by atoms with Crippen LogP contribution < -0.4 is 5.32 Å². The second-order valence-electron chi connectivity index (χ2n) is 6.88. The van der Waals surface area contributed by atoms with Crippen molar-refractivity contribution < 1.29 is 14.3 Å². The monoisotopic (exact) mass is 296 g/mol. The molecule has 0 unspecified atom stereocenters. The summed E-state index contributed by atoms with van der Waals surface area (Å²) in [6.07, 6.45) is 8.17. The number of amides is 2. The fourth-order valence-corrected chi connectivity index (χ4v) is 3.93. The van der Waals surface area contributed by atoms with E-state index in [-0.39, 0.29) is 17.7 Å². The number of urea groups is 1. The van der Waals surface area contributed by atoms with Crippen molar-refractivity contribution in [3.8, 4) is 0 Å². The lowest BCUT2D eigenvalue weighted by molar-refractivity contribution is -0.0927. The molecule has 1 aliphatic carbocycles. The van der Waals surface area contributed by atoms with Gasteiger partial charge in [0.05, 0.1) is 24.9 Å². The van der Waals surface area contributed by atoms with E-state index in [1.807, 2.05) is 4.90 Å². The second-order valence-corrected chi connectivity index (χ2v) is 6.88. The number of carbonyl (C=O) groups is 1. The molecule has 5 heteroatoms. The zero-order chi connectivity index (χ0) is 14.7. The van der Waals surface area contributed by atoms with Gasteiger partial charge in [-0.1, -0.05) is 12.8 Å². The highest BCUT2D eigenvalue weighted by Gasteiger charge is 2.40. The zero-order valence-corrected chi connectivity index (χ0v) is 13.1. The van der Waals surface area contributed by atoms with Crippen LogP contribution >= 0.6 is 0 Å². The minimum Gasteiger partial charge on any atom is -0.378 e. The van der Waals surface area contributed by atoms with E-state index in [2.05, 4.69) is 12.2 Å². The first-order chi connectivity index (χ1) is 10.2. The fraction of sp³-hybridized carbons (Fsp3) is 0.938. The minimum absolute atomic E-state index is 0.0482. The largest absolute Gasteiger partial charge is 0.378 e. The Bertz CT molecular complexity index is 363. The third-order valence-corrected chi connectivity index (χ3v) is 5.06. The molecule has 1 spiro atoms. The van der Waals surface area contributed by atoms with Gasteiger partial charge in [0.15, 0.2) is 0 Å². The molecule has 1 saturated carbocycles. The number of nitrogens with one attached hydrogen (secondary N) is 1. The number of ether oxygens (including phenoxy) is 2. The molecule has 1 N–H and O–H groups in total. The number of hydrogen-bond donors (Lipinski definition) is 1. The molecule has 0 aromatic rings. The summed E-state index contributed by atoms with van der Waals surface area (Å²) in [5.74, 6) is 0. The molecule has 3 rings (SSSR count). The Morgan fingerprint density at radius 3 is 2.86 bits per heavy atom. The lowest BCUT2D eigenvalue weighted by Crippen LogP contribution is -2.56. The molecule has 0 aromatic carbocycles. The van der Waals surface area contributed by atoms with Gasteiger partial charge in [0.1, 0.15) is 0 Å². The SMILES string of the molecule is C[C@H](C[C@@H]1CCCO1)NC(=O)N1CCOC2(CCCC2)C1. The van der Waals surface area contributed by atoms with Gasteiger partial charge in [0.2, 0.25) is 0 Å². The van der Waals surface area contributed by atoms with Crippen molar-refractivity contribution in [2.24, 2.45) is 0 Å². The predicted octanol–water partition coefficient (Wildman–Crippen LogP) is 2.30. The maximum atomic E-state index is 12.4. The summed E-state index contributed by atoms with van der Waals surface area (Å²) in [6.45, 7) is 5.09. The average molecular weight is 296 g/mol. The van der Waals surface area contributed by atoms with Gasteiger partial charge in [-0.05, 0) is 39.0 Å². The van der Waals surface area contributed by atoms with Gasteiger partial charge in [0, 0.05) is 19.2 Å². The molecular formula is C16H28N2O3. The first kappa shape index (κ1) is 15.1. The number of hydrogen-bond acceptors (Lipinski definition) is 3. The van der Waals surface area contributed by atoms with E-state index in [4.69, 9.17) is 9.47 Å². The minimum atomic E-state index is -0.0482. The van der Waals surface area contributed by atoms with Crippen LogP contribution in [-0.4, -0.2) is 55.0 Å². The molecule has 2 amide bonds. The van der Waals surface area contributed by atoms with Crippen molar-refractivity contribution in [2.75, 3.05) is 26.3 Å². The van der Waals surface area contributed by atoms with Crippen molar-refractivity contribution in [3.05, 3.63) is 0 Å². The summed E-state index contributed by atoms with van der Waals surface area (Å²) in [5, 5.41) is 3.13. The lowest BCUT2D eigenvalue weighted by Gasteiger charge is -2.40. The fourth-order valence-electron chi connectivity index (χ4n) is 3.93. The van der Waals surface area contributed by atoms with Crippen LogP contribution in [0, 0.1) is 0 Å². The summed E-state index contributed by atoms with van der Waals surface area (Å²) in [5.41, 5.74) is -0.0482. The highest BCUT2D eigenvalue weighted by atomic mass is 16.5. The van der Waals surface area contributed by atoms with Crippen LogP contribution in [0.25, 0.3) is 0 Å².